The summed E-state index contributed by atoms with van der Waals surface area (Å²) in [4.78, 5) is 13.5. The molecule has 1 atom stereocenters. The predicted molar refractivity (Wildman–Crippen MR) is 72.0 cm³/mol. The highest BCUT2D eigenvalue weighted by molar-refractivity contribution is 5.70. The number of hydrogen-bond donors (Lipinski definition) is 1. The number of nitrogens with two attached hydrogens (primary N) is 1. The van der Waals surface area contributed by atoms with Crippen molar-refractivity contribution >= 4 is 6.09 Å². The first-order valence-corrected chi connectivity index (χ1v) is 6.51. The van der Waals surface area contributed by atoms with Crippen LogP contribution >= 0.6 is 0 Å². The maximum absolute atomic E-state index is 11.7. The highest BCUT2D eigenvalue weighted by Crippen LogP contribution is 2.21. The Balaban J connectivity index is 1.99. The molecule has 19 heavy (non-hydrogen) atoms. The van der Waals surface area contributed by atoms with Gasteiger partial charge in [-0.3, -0.25) is 4.90 Å². The zero-order valence-electron chi connectivity index (χ0n) is 11.2. The molecule has 0 saturated carbocycles. The van der Waals surface area contributed by atoms with E-state index in [2.05, 4.69) is 0 Å². The SMILES string of the molecule is COc1ccc(CN2C(=O)OCC2CCCN)cc1. The third kappa shape index (κ3) is 3.38. The lowest BCUT2D eigenvalue weighted by molar-refractivity contribution is 0.156. The normalized spacial score (nSPS) is 18.5. The average molecular weight is 264 g/mol. The summed E-state index contributed by atoms with van der Waals surface area (Å²) in [5.41, 5.74) is 6.58. The third-order valence-corrected chi connectivity index (χ3v) is 3.33. The van der Waals surface area contributed by atoms with E-state index in [1.54, 1.807) is 12.0 Å². The van der Waals surface area contributed by atoms with Crippen molar-refractivity contribution < 1.29 is 14.3 Å². The number of rotatable bonds is 6. The van der Waals surface area contributed by atoms with E-state index in [1.807, 2.05) is 24.3 Å². The number of nitrogens with zero attached hydrogens (tertiary/aromatic N) is 1. The molecule has 0 aromatic heterocycles. The van der Waals surface area contributed by atoms with Crippen LogP contribution in [0.3, 0.4) is 0 Å². The van der Waals surface area contributed by atoms with E-state index in [0.717, 1.165) is 24.2 Å². The van der Waals surface area contributed by atoms with Gasteiger partial charge in [-0.15, -0.1) is 0 Å². The minimum atomic E-state index is -0.238. The summed E-state index contributed by atoms with van der Waals surface area (Å²) >= 11 is 0. The van der Waals surface area contributed by atoms with Gasteiger partial charge >= 0.3 is 6.09 Å². The van der Waals surface area contributed by atoms with E-state index >= 15 is 0 Å². The van der Waals surface area contributed by atoms with E-state index in [-0.39, 0.29) is 12.1 Å². The Kier molecular flexibility index (Phi) is 4.63. The van der Waals surface area contributed by atoms with Gasteiger partial charge in [-0.1, -0.05) is 12.1 Å². The highest BCUT2D eigenvalue weighted by Gasteiger charge is 2.32. The van der Waals surface area contributed by atoms with Crippen molar-refractivity contribution in [3.8, 4) is 5.75 Å². The Morgan fingerprint density at radius 3 is 2.79 bits per heavy atom. The monoisotopic (exact) mass is 264 g/mol. The molecule has 0 bridgehead atoms. The summed E-state index contributed by atoms with van der Waals surface area (Å²) in [5.74, 6) is 0.812. The summed E-state index contributed by atoms with van der Waals surface area (Å²) in [6.45, 7) is 1.67. The topological polar surface area (TPSA) is 64.8 Å². The molecular formula is C14H20N2O3. The minimum Gasteiger partial charge on any atom is -0.497 e. The standard InChI is InChI=1S/C14H20N2O3/c1-18-13-6-4-11(5-7-13)9-16-12(3-2-8-15)10-19-14(16)17/h4-7,12H,2-3,8-10,15H2,1H3. The van der Waals surface area contributed by atoms with Gasteiger partial charge < -0.3 is 15.2 Å². The molecule has 1 aliphatic rings. The van der Waals surface area contributed by atoms with Crippen molar-refractivity contribution in [1.29, 1.82) is 0 Å². The maximum atomic E-state index is 11.7. The van der Waals surface area contributed by atoms with Gasteiger partial charge in [0.25, 0.3) is 0 Å². The summed E-state index contributed by atoms with van der Waals surface area (Å²) in [7, 11) is 1.63. The first kappa shape index (κ1) is 13.7. The number of methoxy groups -OCH3 is 1. The number of hydrogen-bond acceptors (Lipinski definition) is 4. The lowest BCUT2D eigenvalue weighted by Crippen LogP contribution is -2.33. The fraction of sp³-hybridized carbons (Fsp3) is 0.500. The van der Waals surface area contributed by atoms with Crippen molar-refractivity contribution in [2.45, 2.75) is 25.4 Å². The lowest BCUT2D eigenvalue weighted by atomic mass is 10.1. The van der Waals surface area contributed by atoms with Crippen molar-refractivity contribution in [2.24, 2.45) is 5.73 Å². The zero-order chi connectivity index (χ0) is 13.7. The molecule has 0 spiro atoms. The van der Waals surface area contributed by atoms with Gasteiger partial charge in [-0.25, -0.2) is 4.79 Å². The molecule has 1 amide bonds. The summed E-state index contributed by atoms with van der Waals surface area (Å²) in [5, 5.41) is 0. The summed E-state index contributed by atoms with van der Waals surface area (Å²) in [6.07, 6.45) is 1.55. The van der Waals surface area contributed by atoms with Crippen molar-refractivity contribution in [3.05, 3.63) is 29.8 Å². The van der Waals surface area contributed by atoms with Crippen LogP contribution in [-0.2, 0) is 11.3 Å². The molecule has 1 aromatic rings. The number of ether oxygens (including phenoxy) is 2. The van der Waals surface area contributed by atoms with E-state index in [9.17, 15) is 4.79 Å². The third-order valence-electron chi connectivity index (χ3n) is 3.33. The van der Waals surface area contributed by atoms with Crippen molar-refractivity contribution in [2.75, 3.05) is 20.3 Å². The fourth-order valence-corrected chi connectivity index (χ4v) is 2.20. The van der Waals surface area contributed by atoms with Crippen LogP contribution in [0.5, 0.6) is 5.75 Å². The van der Waals surface area contributed by atoms with E-state index in [4.69, 9.17) is 15.2 Å². The van der Waals surface area contributed by atoms with E-state index in [1.165, 1.54) is 0 Å². The van der Waals surface area contributed by atoms with Crippen LogP contribution in [-0.4, -0.2) is 37.3 Å². The average Bonchev–Trinajstić information content (AvgIpc) is 2.78. The van der Waals surface area contributed by atoms with Gasteiger partial charge in [0, 0.05) is 6.54 Å². The molecule has 5 heteroatoms. The van der Waals surface area contributed by atoms with Crippen LogP contribution in [0.2, 0.25) is 0 Å². The second-order valence-electron chi connectivity index (χ2n) is 4.64. The molecular weight excluding hydrogens is 244 g/mol. The lowest BCUT2D eigenvalue weighted by Gasteiger charge is -2.21. The van der Waals surface area contributed by atoms with Gasteiger partial charge in [-0.2, -0.15) is 0 Å². The molecule has 1 aliphatic heterocycles. The first-order chi connectivity index (χ1) is 9.24. The molecule has 1 aromatic carbocycles. The number of benzene rings is 1. The minimum absolute atomic E-state index is 0.137. The molecule has 1 fully saturated rings. The van der Waals surface area contributed by atoms with Gasteiger partial charge in [0.2, 0.25) is 0 Å². The maximum Gasteiger partial charge on any atom is 0.410 e. The van der Waals surface area contributed by atoms with Crippen LogP contribution in [0.15, 0.2) is 24.3 Å². The fourth-order valence-electron chi connectivity index (χ4n) is 2.20. The quantitative estimate of drug-likeness (QED) is 0.850. The number of carbonyl (C=O) groups excluding carboxylic acids is 1. The second kappa shape index (κ2) is 6.43. The Labute approximate surface area is 113 Å². The Hall–Kier alpha value is -1.75. The van der Waals surface area contributed by atoms with Crippen LogP contribution in [0.1, 0.15) is 18.4 Å². The van der Waals surface area contributed by atoms with Gasteiger partial charge in [0.1, 0.15) is 12.4 Å². The van der Waals surface area contributed by atoms with Crippen LogP contribution in [0, 0.1) is 0 Å². The van der Waals surface area contributed by atoms with Crippen LogP contribution < -0.4 is 10.5 Å². The largest absolute Gasteiger partial charge is 0.497 e. The molecule has 1 unspecified atom stereocenters. The zero-order valence-corrected chi connectivity index (χ0v) is 11.2. The predicted octanol–water partition coefficient (Wildman–Crippen LogP) is 1.75. The molecule has 5 nitrogen and oxygen atoms in total. The van der Waals surface area contributed by atoms with Crippen LogP contribution in [0.25, 0.3) is 0 Å². The Morgan fingerprint density at radius 2 is 2.16 bits per heavy atom. The van der Waals surface area contributed by atoms with Crippen molar-refractivity contribution in [3.63, 3.8) is 0 Å². The summed E-state index contributed by atoms with van der Waals surface area (Å²) < 4.78 is 10.2. The molecule has 1 heterocycles. The smallest absolute Gasteiger partial charge is 0.410 e. The Morgan fingerprint density at radius 1 is 1.42 bits per heavy atom. The molecule has 2 rings (SSSR count). The number of cyclic esters (lactones) is 1. The van der Waals surface area contributed by atoms with Crippen LogP contribution in [0.4, 0.5) is 4.79 Å². The van der Waals surface area contributed by atoms with E-state index in [0.29, 0.717) is 19.7 Å². The number of amides is 1. The molecule has 104 valence electrons. The van der Waals surface area contributed by atoms with E-state index < -0.39 is 0 Å². The molecule has 0 radical (unpaired) electrons. The first-order valence-electron chi connectivity index (χ1n) is 6.51. The highest BCUT2D eigenvalue weighted by atomic mass is 16.6. The van der Waals surface area contributed by atoms with Gasteiger partial charge in [0.15, 0.2) is 0 Å². The Bertz CT molecular complexity index is 419. The summed E-state index contributed by atoms with van der Waals surface area (Å²) in [6, 6.07) is 7.85. The second-order valence-corrected chi connectivity index (χ2v) is 4.64. The number of carbonyl (C=O) groups is 1. The van der Waals surface area contributed by atoms with Gasteiger partial charge in [-0.05, 0) is 37.1 Å². The molecule has 0 aliphatic carbocycles. The molecule has 1 saturated heterocycles. The van der Waals surface area contributed by atoms with Gasteiger partial charge in [0.05, 0.1) is 13.2 Å². The van der Waals surface area contributed by atoms with Crippen molar-refractivity contribution in [1.82, 2.24) is 4.90 Å². The molecule has 2 N–H and O–H groups in total.